The van der Waals surface area contributed by atoms with Gasteiger partial charge < -0.3 is 14.7 Å². The van der Waals surface area contributed by atoms with E-state index in [1.54, 1.807) is 7.11 Å². The Hall–Kier alpha value is -1.66. The lowest BCUT2D eigenvalue weighted by atomic mass is 9.89. The van der Waals surface area contributed by atoms with Crippen LogP contribution < -0.4 is 4.74 Å². The van der Waals surface area contributed by atoms with E-state index in [4.69, 9.17) is 17.0 Å². The number of methoxy groups -OCH3 is 1. The predicted molar refractivity (Wildman–Crippen MR) is 81.9 cm³/mol. The van der Waals surface area contributed by atoms with Crippen LogP contribution in [0.25, 0.3) is 0 Å². The molecule has 2 fully saturated rings. The second-order valence-electron chi connectivity index (χ2n) is 5.58. The van der Waals surface area contributed by atoms with Gasteiger partial charge in [-0.15, -0.1) is 0 Å². The number of nitrogens with zero attached hydrogens (tertiary/aromatic N) is 2. The summed E-state index contributed by atoms with van der Waals surface area (Å²) in [7, 11) is 1.61. The van der Waals surface area contributed by atoms with Crippen molar-refractivity contribution in [3.8, 4) is 5.75 Å². The van der Waals surface area contributed by atoms with Gasteiger partial charge in [0.15, 0.2) is 10.7 Å². The Kier molecular flexibility index (Phi) is 3.59. The van der Waals surface area contributed by atoms with Gasteiger partial charge in [0.25, 0.3) is 5.91 Å². The maximum Gasteiger partial charge on any atom is 0.262 e. The quantitative estimate of drug-likeness (QED) is 0.849. The summed E-state index contributed by atoms with van der Waals surface area (Å²) in [5.74, 6) is 0.452. The lowest BCUT2D eigenvalue weighted by Crippen LogP contribution is -2.67. The smallest absolute Gasteiger partial charge is 0.262 e. The summed E-state index contributed by atoms with van der Waals surface area (Å²) in [4.78, 5) is 16.0. The zero-order valence-electron chi connectivity index (χ0n) is 11.9. The lowest BCUT2D eigenvalue weighted by molar-refractivity contribution is -0.157. The Labute approximate surface area is 129 Å². The number of carbonyl (C=O) groups excluding carboxylic acids is 1. The first kappa shape index (κ1) is 14.3. The molecule has 5 nitrogen and oxygen atoms in total. The summed E-state index contributed by atoms with van der Waals surface area (Å²) < 4.78 is 5.20. The van der Waals surface area contributed by atoms with Gasteiger partial charge in [-0.05, 0) is 42.8 Å². The van der Waals surface area contributed by atoms with E-state index in [1.807, 2.05) is 29.2 Å². The first-order valence-electron chi connectivity index (χ1n) is 7.00. The summed E-state index contributed by atoms with van der Waals surface area (Å²) in [6, 6.07) is 7.52. The number of aliphatic hydroxyl groups is 1. The lowest BCUT2D eigenvalue weighted by Gasteiger charge is -2.48. The Bertz CT molecular complexity index is 592. The number of benzene rings is 1. The van der Waals surface area contributed by atoms with Crippen LogP contribution in [0.3, 0.4) is 0 Å². The largest absolute Gasteiger partial charge is 0.497 e. The molecule has 2 heterocycles. The highest BCUT2D eigenvalue weighted by molar-refractivity contribution is 7.80. The molecule has 2 aliphatic rings. The van der Waals surface area contributed by atoms with Crippen LogP contribution in [0.2, 0.25) is 0 Å². The molecule has 0 aliphatic carbocycles. The van der Waals surface area contributed by atoms with Crippen LogP contribution in [-0.4, -0.2) is 51.7 Å². The molecular formula is C15H18N2O3S. The van der Waals surface area contributed by atoms with Crippen molar-refractivity contribution >= 4 is 23.2 Å². The Morgan fingerprint density at radius 3 is 3.05 bits per heavy atom. The van der Waals surface area contributed by atoms with Crippen molar-refractivity contribution in [2.45, 2.75) is 25.0 Å². The zero-order chi connectivity index (χ0) is 15.0. The van der Waals surface area contributed by atoms with E-state index in [-0.39, 0.29) is 5.91 Å². The highest BCUT2D eigenvalue weighted by atomic mass is 32.1. The van der Waals surface area contributed by atoms with Crippen molar-refractivity contribution in [3.63, 3.8) is 0 Å². The molecule has 2 saturated heterocycles. The van der Waals surface area contributed by atoms with E-state index in [9.17, 15) is 9.90 Å². The minimum absolute atomic E-state index is 0.286. The molecule has 0 saturated carbocycles. The van der Waals surface area contributed by atoms with E-state index in [0.29, 0.717) is 24.6 Å². The molecule has 0 aromatic heterocycles. The normalized spacial score (nSPS) is 25.2. The minimum atomic E-state index is -1.29. The van der Waals surface area contributed by atoms with Crippen LogP contribution in [0, 0.1) is 0 Å². The van der Waals surface area contributed by atoms with Crippen molar-refractivity contribution in [1.29, 1.82) is 0 Å². The zero-order valence-corrected chi connectivity index (χ0v) is 12.7. The number of amides is 1. The molecule has 112 valence electrons. The van der Waals surface area contributed by atoms with Crippen molar-refractivity contribution in [3.05, 3.63) is 29.8 Å². The highest BCUT2D eigenvalue weighted by Gasteiger charge is 2.49. The van der Waals surface area contributed by atoms with E-state index >= 15 is 0 Å². The summed E-state index contributed by atoms with van der Waals surface area (Å²) in [6.07, 6.45) is 1.29. The van der Waals surface area contributed by atoms with Gasteiger partial charge in [-0.3, -0.25) is 9.69 Å². The number of thiocarbonyl (C=S) groups is 1. The molecule has 2 bridgehead atoms. The molecule has 1 N–H and O–H groups in total. The molecule has 1 amide bonds. The predicted octanol–water partition coefficient (Wildman–Crippen LogP) is 1.15. The van der Waals surface area contributed by atoms with Gasteiger partial charge in [-0.25, -0.2) is 0 Å². The molecule has 0 radical (unpaired) electrons. The van der Waals surface area contributed by atoms with Gasteiger partial charge in [-0.2, -0.15) is 0 Å². The number of rotatable bonds is 3. The van der Waals surface area contributed by atoms with E-state index in [2.05, 4.69) is 0 Å². The van der Waals surface area contributed by atoms with Gasteiger partial charge in [0.05, 0.1) is 20.2 Å². The molecule has 0 spiro atoms. The van der Waals surface area contributed by atoms with Crippen LogP contribution in [0.15, 0.2) is 24.3 Å². The monoisotopic (exact) mass is 306 g/mol. The fourth-order valence-electron chi connectivity index (χ4n) is 2.98. The van der Waals surface area contributed by atoms with Crippen molar-refractivity contribution in [2.24, 2.45) is 0 Å². The fourth-order valence-corrected chi connectivity index (χ4v) is 3.28. The second kappa shape index (κ2) is 5.27. The van der Waals surface area contributed by atoms with Crippen LogP contribution in [0.1, 0.15) is 18.4 Å². The van der Waals surface area contributed by atoms with Gasteiger partial charge in [-0.1, -0.05) is 12.1 Å². The molecule has 21 heavy (non-hydrogen) atoms. The van der Waals surface area contributed by atoms with Crippen molar-refractivity contribution < 1.29 is 14.6 Å². The minimum Gasteiger partial charge on any atom is -0.497 e. The van der Waals surface area contributed by atoms with Crippen molar-refractivity contribution in [1.82, 2.24) is 9.80 Å². The Balaban J connectivity index is 1.86. The third-order valence-electron chi connectivity index (χ3n) is 4.09. The maximum absolute atomic E-state index is 12.6. The summed E-state index contributed by atoms with van der Waals surface area (Å²) >= 11 is 5.41. The molecule has 1 aromatic rings. The van der Waals surface area contributed by atoms with Crippen LogP contribution >= 0.6 is 12.2 Å². The number of hydrogen-bond acceptors (Lipinski definition) is 4. The van der Waals surface area contributed by atoms with Gasteiger partial charge in [0.1, 0.15) is 5.75 Å². The van der Waals surface area contributed by atoms with Crippen LogP contribution in [-0.2, 0) is 11.3 Å². The van der Waals surface area contributed by atoms with E-state index in [0.717, 1.165) is 24.3 Å². The molecule has 6 heteroatoms. The first-order valence-corrected chi connectivity index (χ1v) is 7.40. The Morgan fingerprint density at radius 1 is 1.48 bits per heavy atom. The van der Waals surface area contributed by atoms with E-state index in [1.165, 1.54) is 4.90 Å². The fraction of sp³-hybridized carbons (Fsp3) is 0.467. The SMILES string of the molecule is COc1cccc(CN2C(=O)[C@@]3(O)CCCN(C3)C2=S)c1. The van der Waals surface area contributed by atoms with Gasteiger partial charge >= 0.3 is 0 Å². The van der Waals surface area contributed by atoms with Gasteiger partial charge in [0, 0.05) is 6.54 Å². The number of fused-ring (bicyclic) bond motifs is 2. The topological polar surface area (TPSA) is 53.0 Å². The molecule has 3 rings (SSSR count). The number of piperidine rings is 1. The Morgan fingerprint density at radius 2 is 2.29 bits per heavy atom. The first-order chi connectivity index (χ1) is 10.0. The number of ether oxygens (including phenoxy) is 1. The summed E-state index contributed by atoms with van der Waals surface area (Å²) in [6.45, 7) is 1.47. The average molecular weight is 306 g/mol. The van der Waals surface area contributed by atoms with Crippen molar-refractivity contribution in [2.75, 3.05) is 20.2 Å². The molecule has 2 aliphatic heterocycles. The second-order valence-corrected chi connectivity index (χ2v) is 5.95. The highest BCUT2D eigenvalue weighted by Crippen LogP contribution is 2.30. The molecular weight excluding hydrogens is 288 g/mol. The summed E-state index contributed by atoms with van der Waals surface area (Å²) in [5, 5.41) is 11.0. The third kappa shape index (κ3) is 2.49. The van der Waals surface area contributed by atoms with E-state index < -0.39 is 5.60 Å². The molecule has 1 aromatic carbocycles. The number of carbonyl (C=O) groups is 1. The third-order valence-corrected chi connectivity index (χ3v) is 4.57. The standard InChI is InChI=1S/C15H18N2O3S/c1-20-12-5-2-4-11(8-12)9-17-13(18)15(19)6-3-7-16(10-15)14(17)21/h2,4-5,8,19H,3,6-7,9-10H2,1H3/t15-/m1/s1. The molecule has 0 unspecified atom stereocenters. The summed E-state index contributed by atoms with van der Waals surface area (Å²) in [5.41, 5.74) is -0.366. The van der Waals surface area contributed by atoms with Crippen LogP contribution in [0.5, 0.6) is 5.75 Å². The average Bonchev–Trinajstić information content (AvgIpc) is 2.50. The number of hydrogen-bond donors (Lipinski definition) is 1. The molecule has 1 atom stereocenters. The van der Waals surface area contributed by atoms with Gasteiger partial charge in [0.2, 0.25) is 0 Å². The van der Waals surface area contributed by atoms with Crippen LogP contribution in [0.4, 0.5) is 0 Å². The maximum atomic E-state index is 12.6.